The number of ether oxygens (including phenoxy) is 1. The van der Waals surface area contributed by atoms with E-state index in [1.165, 1.54) is 19.1 Å². The molecule has 1 N–H and O–H groups in total. The summed E-state index contributed by atoms with van der Waals surface area (Å²) in [5.41, 5.74) is -0.919. The third kappa shape index (κ3) is 3.35. The van der Waals surface area contributed by atoms with Crippen LogP contribution in [0.3, 0.4) is 0 Å². The van der Waals surface area contributed by atoms with E-state index < -0.39 is 22.3 Å². The molecule has 0 aliphatic carbocycles. The van der Waals surface area contributed by atoms with E-state index in [0.717, 1.165) is 12.1 Å². The molecule has 0 atom stereocenters. The number of hydrogen-bond donors (Lipinski definition) is 1. The molecule has 19 heavy (non-hydrogen) atoms. The highest BCUT2D eigenvalue weighted by molar-refractivity contribution is 5.95. The Morgan fingerprint density at radius 1 is 1.42 bits per heavy atom. The van der Waals surface area contributed by atoms with Crippen LogP contribution in [0.25, 0.3) is 5.76 Å². The van der Waals surface area contributed by atoms with Crippen LogP contribution in [0.2, 0.25) is 0 Å². The second kappa shape index (κ2) is 6.24. The summed E-state index contributed by atoms with van der Waals surface area (Å²) in [5.74, 6) is -1.75. The lowest BCUT2D eigenvalue weighted by atomic mass is 10.1. The minimum atomic E-state index is -1.06. The van der Waals surface area contributed by atoms with E-state index in [0.29, 0.717) is 0 Å². The predicted molar refractivity (Wildman–Crippen MR) is 65.1 cm³/mol. The number of non-ortho nitro benzene ring substituents is 1. The maximum atomic E-state index is 11.3. The molecule has 0 amide bonds. The topological polar surface area (TPSA) is 119 Å². The molecule has 8 heteroatoms. The largest absolute Gasteiger partial charge is 0.505 e. The van der Waals surface area contributed by atoms with Crippen molar-refractivity contribution >= 4 is 17.4 Å². The van der Waals surface area contributed by atoms with Crippen LogP contribution in [0.1, 0.15) is 12.5 Å². The first-order valence-electron chi connectivity index (χ1n) is 5.19. The molecular formula is C11H10N2O6. The number of nitro benzene ring substituents is 1. The fourth-order valence-corrected chi connectivity index (χ4v) is 1.25. The lowest BCUT2D eigenvalue weighted by Gasteiger charge is -2.03. The smallest absolute Gasteiger partial charge is 0.364 e. The highest BCUT2D eigenvalue weighted by atomic mass is 16.6. The van der Waals surface area contributed by atoms with Gasteiger partial charge in [-0.15, -0.1) is 4.91 Å². The molecule has 0 spiro atoms. The normalized spacial score (nSPS) is 11.4. The van der Waals surface area contributed by atoms with Crippen molar-refractivity contribution < 1.29 is 19.6 Å². The summed E-state index contributed by atoms with van der Waals surface area (Å²) in [4.78, 5) is 31.7. The Labute approximate surface area is 107 Å². The van der Waals surface area contributed by atoms with E-state index in [2.05, 4.69) is 9.91 Å². The zero-order valence-corrected chi connectivity index (χ0v) is 9.90. The van der Waals surface area contributed by atoms with E-state index in [1.54, 1.807) is 0 Å². The minimum Gasteiger partial charge on any atom is -0.505 e. The molecule has 100 valence electrons. The second-order valence-electron chi connectivity index (χ2n) is 3.31. The quantitative estimate of drug-likeness (QED) is 0.218. The van der Waals surface area contributed by atoms with Gasteiger partial charge in [0.15, 0.2) is 5.76 Å². The number of nitro groups is 1. The van der Waals surface area contributed by atoms with Gasteiger partial charge in [0.25, 0.3) is 5.69 Å². The molecule has 8 nitrogen and oxygen atoms in total. The summed E-state index contributed by atoms with van der Waals surface area (Å²) in [6.45, 7) is 1.55. The van der Waals surface area contributed by atoms with Gasteiger partial charge in [0.2, 0.25) is 5.70 Å². The Morgan fingerprint density at radius 3 is 2.42 bits per heavy atom. The van der Waals surface area contributed by atoms with Crippen LogP contribution in [-0.2, 0) is 9.53 Å². The minimum absolute atomic E-state index is 0.0192. The average Bonchev–Trinajstić information content (AvgIpc) is 2.39. The SMILES string of the molecule is CCOC(=O)/C(N=O)=C(\O)c1ccc([N+](=O)[O-])cc1. The molecular weight excluding hydrogens is 256 g/mol. The van der Waals surface area contributed by atoms with Gasteiger partial charge in [-0.25, -0.2) is 4.79 Å². The maximum Gasteiger partial charge on any atom is 0.364 e. The zero-order valence-electron chi connectivity index (χ0n) is 9.90. The van der Waals surface area contributed by atoms with Crippen molar-refractivity contribution in [1.29, 1.82) is 0 Å². The molecule has 0 saturated carbocycles. The van der Waals surface area contributed by atoms with Crippen LogP contribution in [0.4, 0.5) is 5.69 Å². The number of aliphatic hydroxyl groups excluding tert-OH is 1. The van der Waals surface area contributed by atoms with Gasteiger partial charge >= 0.3 is 5.97 Å². The van der Waals surface area contributed by atoms with Gasteiger partial charge in [-0.2, -0.15) is 0 Å². The molecule has 1 rings (SSSR count). The van der Waals surface area contributed by atoms with E-state index >= 15 is 0 Å². The molecule has 1 aromatic carbocycles. The second-order valence-corrected chi connectivity index (χ2v) is 3.31. The molecule has 0 bridgehead atoms. The molecule has 0 aliphatic heterocycles. The number of aliphatic hydroxyl groups is 1. The van der Waals surface area contributed by atoms with Crippen LogP contribution in [0, 0.1) is 15.0 Å². The number of carbonyl (C=O) groups excluding carboxylic acids is 1. The van der Waals surface area contributed by atoms with E-state index in [4.69, 9.17) is 0 Å². The molecule has 0 fully saturated rings. The highest BCUT2D eigenvalue weighted by Gasteiger charge is 2.19. The molecule has 1 aromatic rings. The Kier molecular flexibility index (Phi) is 4.69. The van der Waals surface area contributed by atoms with Crippen molar-refractivity contribution in [3.8, 4) is 0 Å². The van der Waals surface area contributed by atoms with E-state index in [1.807, 2.05) is 0 Å². The van der Waals surface area contributed by atoms with Crippen molar-refractivity contribution in [3.05, 3.63) is 50.5 Å². The molecule has 0 radical (unpaired) electrons. The van der Waals surface area contributed by atoms with Crippen molar-refractivity contribution in [2.24, 2.45) is 5.18 Å². The Bertz CT molecular complexity index is 535. The number of rotatable bonds is 5. The maximum absolute atomic E-state index is 11.3. The number of benzene rings is 1. The summed E-state index contributed by atoms with van der Waals surface area (Å²) >= 11 is 0. The Morgan fingerprint density at radius 2 is 2.00 bits per heavy atom. The number of nitrogens with zero attached hydrogens (tertiary/aromatic N) is 2. The van der Waals surface area contributed by atoms with Crippen molar-refractivity contribution in [2.45, 2.75) is 6.92 Å². The standard InChI is InChI=1S/C11H10N2O6/c1-2-19-11(15)9(12-16)10(14)7-3-5-8(6-4-7)13(17)18/h3-6,14H,2H2,1H3/b10-9+. The third-order valence-corrected chi connectivity index (χ3v) is 2.14. The summed E-state index contributed by atoms with van der Waals surface area (Å²) in [7, 11) is 0. The molecule has 0 aromatic heterocycles. The average molecular weight is 266 g/mol. The predicted octanol–water partition coefficient (Wildman–Crippen LogP) is 2.15. The number of carbonyl (C=O) groups is 1. The summed E-state index contributed by atoms with van der Waals surface area (Å²) in [6, 6.07) is 4.63. The lowest BCUT2D eigenvalue weighted by molar-refractivity contribution is -0.384. The van der Waals surface area contributed by atoms with Gasteiger partial charge in [-0.1, -0.05) is 0 Å². The Balaban J connectivity index is 3.14. The number of esters is 1. The summed E-state index contributed by atoms with van der Waals surface area (Å²) in [5, 5.41) is 22.6. The van der Waals surface area contributed by atoms with Crippen LogP contribution in [0.15, 0.2) is 35.1 Å². The Hall–Kier alpha value is -2.77. The summed E-state index contributed by atoms with van der Waals surface area (Å²) < 4.78 is 4.54. The molecule has 0 saturated heterocycles. The van der Waals surface area contributed by atoms with Crippen LogP contribution < -0.4 is 0 Å². The molecule has 0 unspecified atom stereocenters. The van der Waals surface area contributed by atoms with Gasteiger partial charge in [0.05, 0.1) is 11.5 Å². The van der Waals surface area contributed by atoms with Crippen LogP contribution in [0.5, 0.6) is 0 Å². The monoisotopic (exact) mass is 266 g/mol. The van der Waals surface area contributed by atoms with E-state index in [-0.39, 0.29) is 17.9 Å². The number of hydrogen-bond acceptors (Lipinski definition) is 7. The van der Waals surface area contributed by atoms with Gasteiger partial charge in [-0.05, 0) is 24.2 Å². The van der Waals surface area contributed by atoms with Crippen molar-refractivity contribution in [3.63, 3.8) is 0 Å². The molecule has 0 heterocycles. The lowest BCUT2D eigenvalue weighted by Crippen LogP contribution is -2.08. The van der Waals surface area contributed by atoms with Gasteiger partial charge < -0.3 is 9.84 Å². The number of nitroso groups, excluding NO2 is 1. The van der Waals surface area contributed by atoms with Crippen molar-refractivity contribution in [1.82, 2.24) is 0 Å². The van der Waals surface area contributed by atoms with Gasteiger partial charge in [0, 0.05) is 17.7 Å². The van der Waals surface area contributed by atoms with Crippen LogP contribution in [-0.4, -0.2) is 22.6 Å². The van der Waals surface area contributed by atoms with Crippen molar-refractivity contribution in [2.75, 3.05) is 6.61 Å². The highest BCUT2D eigenvalue weighted by Crippen LogP contribution is 2.21. The fourth-order valence-electron chi connectivity index (χ4n) is 1.25. The van der Waals surface area contributed by atoms with Gasteiger partial charge in [-0.3, -0.25) is 10.1 Å². The zero-order chi connectivity index (χ0) is 14.4. The van der Waals surface area contributed by atoms with Crippen LogP contribution >= 0.6 is 0 Å². The first kappa shape index (κ1) is 14.3. The van der Waals surface area contributed by atoms with Gasteiger partial charge in [0.1, 0.15) is 0 Å². The third-order valence-electron chi connectivity index (χ3n) is 2.14. The fraction of sp³-hybridized carbons (Fsp3) is 0.182. The van der Waals surface area contributed by atoms with E-state index in [9.17, 15) is 24.9 Å². The first-order chi connectivity index (χ1) is 9.01. The first-order valence-corrected chi connectivity index (χ1v) is 5.19. The molecule has 0 aliphatic rings. The summed E-state index contributed by atoms with van der Waals surface area (Å²) in [6.07, 6.45) is 0.